The quantitative estimate of drug-likeness (QED) is 0.833. The Morgan fingerprint density at radius 2 is 2.39 bits per heavy atom. The number of nitrogens with one attached hydrogen (secondary N) is 1. The van der Waals surface area contributed by atoms with Crippen molar-refractivity contribution in [1.29, 1.82) is 0 Å². The first-order valence-electron chi connectivity index (χ1n) is 6.60. The maximum absolute atomic E-state index is 10.4. The van der Waals surface area contributed by atoms with Gasteiger partial charge in [-0.3, -0.25) is 0 Å². The molecule has 1 aromatic heterocycles. The predicted octanol–water partition coefficient (Wildman–Crippen LogP) is 0.917. The summed E-state index contributed by atoms with van der Waals surface area (Å²) in [5.74, 6) is 0.880. The van der Waals surface area contributed by atoms with Crippen molar-refractivity contribution in [2.45, 2.75) is 44.3 Å². The van der Waals surface area contributed by atoms with Crippen LogP contribution in [0.1, 0.15) is 31.0 Å². The van der Waals surface area contributed by atoms with Crippen molar-refractivity contribution in [3.8, 4) is 0 Å². The van der Waals surface area contributed by atoms with Gasteiger partial charge in [-0.25, -0.2) is 9.97 Å². The molecule has 2 unspecified atom stereocenters. The van der Waals surface area contributed by atoms with Gasteiger partial charge in [0.25, 0.3) is 0 Å². The topological polar surface area (TPSA) is 67.3 Å². The van der Waals surface area contributed by atoms with E-state index in [1.54, 1.807) is 6.33 Å². The molecule has 2 aliphatic rings. The normalized spacial score (nSPS) is 30.4. The molecule has 18 heavy (non-hydrogen) atoms. The van der Waals surface area contributed by atoms with Crippen molar-refractivity contribution < 1.29 is 9.84 Å². The highest BCUT2D eigenvalue weighted by Crippen LogP contribution is 2.28. The molecule has 2 heterocycles. The highest BCUT2D eigenvalue weighted by atomic mass is 16.5. The van der Waals surface area contributed by atoms with Crippen LogP contribution in [0.2, 0.25) is 0 Å². The minimum Gasteiger partial charge on any atom is -0.385 e. The summed E-state index contributed by atoms with van der Waals surface area (Å²) >= 11 is 0. The molecule has 0 spiro atoms. The molecule has 0 saturated carbocycles. The molecule has 98 valence electrons. The first kappa shape index (κ1) is 11.9. The van der Waals surface area contributed by atoms with Crippen molar-refractivity contribution in [3.05, 3.63) is 17.6 Å². The van der Waals surface area contributed by atoms with E-state index in [0.29, 0.717) is 19.6 Å². The van der Waals surface area contributed by atoms with Crippen molar-refractivity contribution in [2.24, 2.45) is 0 Å². The maximum Gasteiger partial charge on any atom is 0.132 e. The summed E-state index contributed by atoms with van der Waals surface area (Å²) in [7, 11) is 0. The average molecular weight is 249 g/mol. The van der Waals surface area contributed by atoms with Gasteiger partial charge in [0.05, 0.1) is 6.10 Å². The molecule has 1 aliphatic heterocycles. The third-order valence-corrected chi connectivity index (χ3v) is 4.10. The zero-order valence-electron chi connectivity index (χ0n) is 10.6. The van der Waals surface area contributed by atoms with E-state index in [1.165, 1.54) is 5.56 Å². The number of ether oxygens (including phenoxy) is 1. The third kappa shape index (κ3) is 1.97. The van der Waals surface area contributed by atoms with Gasteiger partial charge in [0.2, 0.25) is 0 Å². The van der Waals surface area contributed by atoms with Crippen molar-refractivity contribution >= 4 is 5.82 Å². The number of hydrogen-bond donors (Lipinski definition) is 2. The zero-order valence-corrected chi connectivity index (χ0v) is 10.6. The largest absolute Gasteiger partial charge is 0.385 e. The highest BCUT2D eigenvalue weighted by molar-refractivity contribution is 5.48. The SMILES string of the molecule is CC1OCCC1(O)CNc1ncnc2c1CCC2. The standard InChI is InChI=1S/C13H19N3O2/c1-9-13(17,5-6-18-9)7-14-12-10-3-2-4-11(10)15-8-16-12/h8-9,17H,2-7H2,1H3,(H,14,15,16). The van der Waals surface area contributed by atoms with E-state index in [4.69, 9.17) is 4.74 Å². The minimum atomic E-state index is -0.781. The molecule has 0 aromatic carbocycles. The Kier molecular flexibility index (Phi) is 2.95. The molecule has 2 atom stereocenters. The fraction of sp³-hybridized carbons (Fsp3) is 0.692. The van der Waals surface area contributed by atoms with Crippen molar-refractivity contribution in [1.82, 2.24) is 9.97 Å². The lowest BCUT2D eigenvalue weighted by Gasteiger charge is -2.26. The van der Waals surface area contributed by atoms with Crippen LogP contribution in [0.15, 0.2) is 6.33 Å². The fourth-order valence-electron chi connectivity index (χ4n) is 2.75. The molecule has 3 rings (SSSR count). The highest BCUT2D eigenvalue weighted by Gasteiger charge is 2.39. The predicted molar refractivity (Wildman–Crippen MR) is 67.5 cm³/mol. The van der Waals surface area contributed by atoms with Crippen molar-refractivity contribution in [3.63, 3.8) is 0 Å². The molecule has 0 bridgehead atoms. The lowest BCUT2D eigenvalue weighted by atomic mass is 9.96. The van der Waals surface area contributed by atoms with Crippen LogP contribution in [0.25, 0.3) is 0 Å². The summed E-state index contributed by atoms with van der Waals surface area (Å²) in [5.41, 5.74) is 1.58. The van der Waals surface area contributed by atoms with Crippen LogP contribution in [0.4, 0.5) is 5.82 Å². The van der Waals surface area contributed by atoms with Crippen LogP contribution in [0.5, 0.6) is 0 Å². The number of nitrogens with zero attached hydrogens (tertiary/aromatic N) is 2. The van der Waals surface area contributed by atoms with Gasteiger partial charge < -0.3 is 15.2 Å². The Balaban J connectivity index is 1.72. The molecular formula is C13H19N3O2. The Morgan fingerprint density at radius 3 is 3.17 bits per heavy atom. The summed E-state index contributed by atoms with van der Waals surface area (Å²) in [4.78, 5) is 8.59. The molecule has 5 nitrogen and oxygen atoms in total. The van der Waals surface area contributed by atoms with Crippen molar-refractivity contribution in [2.75, 3.05) is 18.5 Å². The van der Waals surface area contributed by atoms with Crippen LogP contribution in [0, 0.1) is 0 Å². The van der Waals surface area contributed by atoms with Gasteiger partial charge in [-0.1, -0.05) is 0 Å². The third-order valence-electron chi connectivity index (χ3n) is 4.10. The number of aromatic nitrogens is 2. The van der Waals surface area contributed by atoms with Gasteiger partial charge >= 0.3 is 0 Å². The molecule has 5 heteroatoms. The minimum absolute atomic E-state index is 0.125. The average Bonchev–Trinajstić information content (AvgIpc) is 2.95. The van der Waals surface area contributed by atoms with E-state index >= 15 is 0 Å². The van der Waals surface area contributed by atoms with Gasteiger partial charge in [-0.05, 0) is 26.2 Å². The Hall–Kier alpha value is -1.20. The van der Waals surface area contributed by atoms with E-state index in [9.17, 15) is 5.11 Å². The van der Waals surface area contributed by atoms with Gasteiger partial charge in [0.1, 0.15) is 17.7 Å². The summed E-state index contributed by atoms with van der Waals surface area (Å²) in [5, 5.41) is 13.7. The molecule has 1 saturated heterocycles. The molecule has 0 amide bonds. The van der Waals surface area contributed by atoms with Crippen LogP contribution in [-0.4, -0.2) is 39.9 Å². The maximum atomic E-state index is 10.4. The van der Waals surface area contributed by atoms with Crippen LogP contribution in [-0.2, 0) is 17.6 Å². The van der Waals surface area contributed by atoms with E-state index in [0.717, 1.165) is 30.8 Å². The molecule has 1 aliphatic carbocycles. The second-order valence-electron chi connectivity index (χ2n) is 5.22. The summed E-state index contributed by atoms with van der Waals surface area (Å²) in [6.07, 6.45) is 5.37. The second kappa shape index (κ2) is 4.48. The first-order chi connectivity index (χ1) is 8.69. The van der Waals surface area contributed by atoms with Crippen LogP contribution < -0.4 is 5.32 Å². The van der Waals surface area contributed by atoms with Gasteiger partial charge in [0, 0.05) is 30.8 Å². The van der Waals surface area contributed by atoms with Crippen LogP contribution in [0.3, 0.4) is 0 Å². The molecule has 2 N–H and O–H groups in total. The Morgan fingerprint density at radius 1 is 1.50 bits per heavy atom. The molecule has 1 aromatic rings. The van der Waals surface area contributed by atoms with Crippen LogP contribution >= 0.6 is 0 Å². The number of fused-ring (bicyclic) bond motifs is 1. The summed E-state index contributed by atoms with van der Waals surface area (Å²) < 4.78 is 5.43. The molecular weight excluding hydrogens is 230 g/mol. The lowest BCUT2D eigenvalue weighted by Crippen LogP contribution is -2.43. The van der Waals surface area contributed by atoms with Gasteiger partial charge in [-0.2, -0.15) is 0 Å². The van der Waals surface area contributed by atoms with E-state index < -0.39 is 5.60 Å². The van der Waals surface area contributed by atoms with E-state index in [1.807, 2.05) is 6.92 Å². The monoisotopic (exact) mass is 249 g/mol. The number of hydrogen-bond acceptors (Lipinski definition) is 5. The van der Waals surface area contributed by atoms with E-state index in [2.05, 4.69) is 15.3 Å². The van der Waals surface area contributed by atoms with Gasteiger partial charge in [-0.15, -0.1) is 0 Å². The molecule has 0 radical (unpaired) electrons. The van der Waals surface area contributed by atoms with Gasteiger partial charge in [0.15, 0.2) is 0 Å². The Labute approximate surface area is 107 Å². The number of aryl methyl sites for hydroxylation is 1. The molecule has 1 fully saturated rings. The zero-order chi connectivity index (χ0) is 12.6. The Bertz CT molecular complexity index is 452. The summed E-state index contributed by atoms with van der Waals surface area (Å²) in [6, 6.07) is 0. The summed E-state index contributed by atoms with van der Waals surface area (Å²) in [6.45, 7) is 3.03. The first-order valence-corrected chi connectivity index (χ1v) is 6.60. The second-order valence-corrected chi connectivity index (χ2v) is 5.22. The smallest absolute Gasteiger partial charge is 0.132 e. The lowest BCUT2D eigenvalue weighted by molar-refractivity contribution is -0.0176. The number of rotatable bonds is 3. The number of anilines is 1. The number of aliphatic hydroxyl groups is 1. The van der Waals surface area contributed by atoms with E-state index in [-0.39, 0.29) is 6.10 Å². The fourth-order valence-corrected chi connectivity index (χ4v) is 2.75.